The summed E-state index contributed by atoms with van der Waals surface area (Å²) in [6.07, 6.45) is 0.932. The smallest absolute Gasteiger partial charge is 0.261 e. The Morgan fingerprint density at radius 3 is 2.30 bits per heavy atom. The van der Waals surface area contributed by atoms with Crippen LogP contribution in [0.15, 0.2) is 47.4 Å². The van der Waals surface area contributed by atoms with Crippen LogP contribution in [0.4, 0.5) is 5.69 Å². The van der Waals surface area contributed by atoms with E-state index in [1.165, 1.54) is 5.56 Å². The molecule has 2 aromatic carbocycles. The number of rotatable bonds is 4. The molecule has 0 spiro atoms. The molecule has 5 heteroatoms. The molecule has 0 fully saturated rings. The van der Waals surface area contributed by atoms with E-state index < -0.39 is 10.0 Å². The Morgan fingerprint density at radius 1 is 1.10 bits per heavy atom. The van der Waals surface area contributed by atoms with Gasteiger partial charge in [0, 0.05) is 3.57 Å². The van der Waals surface area contributed by atoms with Gasteiger partial charge >= 0.3 is 0 Å². The van der Waals surface area contributed by atoms with Gasteiger partial charge in [-0.15, -0.1) is 0 Å². The van der Waals surface area contributed by atoms with Gasteiger partial charge in [0.2, 0.25) is 0 Å². The average Bonchev–Trinajstić information content (AvgIpc) is 2.41. The Morgan fingerprint density at radius 2 is 1.75 bits per heavy atom. The molecule has 0 aliphatic carbocycles. The van der Waals surface area contributed by atoms with Gasteiger partial charge < -0.3 is 0 Å². The second-order valence-electron chi connectivity index (χ2n) is 4.59. The van der Waals surface area contributed by atoms with Crippen molar-refractivity contribution in [3.05, 3.63) is 57.2 Å². The van der Waals surface area contributed by atoms with Crippen molar-refractivity contribution in [3.63, 3.8) is 0 Å². The first-order valence-electron chi connectivity index (χ1n) is 6.30. The number of nitrogens with one attached hydrogen (secondary N) is 1. The summed E-state index contributed by atoms with van der Waals surface area (Å²) in [7, 11) is -3.53. The molecule has 0 aliphatic heterocycles. The van der Waals surface area contributed by atoms with Crippen LogP contribution in [0.3, 0.4) is 0 Å². The summed E-state index contributed by atoms with van der Waals surface area (Å²) in [6, 6.07) is 12.6. The van der Waals surface area contributed by atoms with E-state index in [9.17, 15) is 8.42 Å². The SMILES string of the molecule is CCc1ccc(NS(=O)(=O)c2ccc(C)cc2)c(I)c1. The molecule has 3 nitrogen and oxygen atoms in total. The first-order chi connectivity index (χ1) is 9.42. The summed E-state index contributed by atoms with van der Waals surface area (Å²) >= 11 is 2.15. The van der Waals surface area contributed by atoms with Gasteiger partial charge in [0.15, 0.2) is 0 Å². The largest absolute Gasteiger partial charge is 0.279 e. The van der Waals surface area contributed by atoms with E-state index in [-0.39, 0.29) is 4.90 Å². The molecule has 0 radical (unpaired) electrons. The van der Waals surface area contributed by atoms with Gasteiger partial charge in [-0.2, -0.15) is 0 Å². The van der Waals surface area contributed by atoms with Gasteiger partial charge in [-0.1, -0.05) is 30.7 Å². The number of sulfonamides is 1. The lowest BCUT2D eigenvalue weighted by Crippen LogP contribution is -2.13. The van der Waals surface area contributed by atoms with Gasteiger partial charge in [-0.25, -0.2) is 8.42 Å². The van der Waals surface area contributed by atoms with Crippen LogP contribution in [0.1, 0.15) is 18.1 Å². The van der Waals surface area contributed by atoms with Crippen LogP contribution in [0, 0.1) is 10.5 Å². The fourth-order valence-corrected chi connectivity index (χ4v) is 3.76. The summed E-state index contributed by atoms with van der Waals surface area (Å²) < 4.78 is 28.1. The predicted octanol–water partition coefficient (Wildman–Crippen LogP) is 3.96. The minimum atomic E-state index is -3.53. The molecule has 106 valence electrons. The van der Waals surface area contributed by atoms with E-state index in [1.54, 1.807) is 24.3 Å². The Kier molecular flexibility index (Phi) is 4.70. The summed E-state index contributed by atoms with van der Waals surface area (Å²) in [5.74, 6) is 0. The zero-order valence-corrected chi connectivity index (χ0v) is 14.3. The summed E-state index contributed by atoms with van der Waals surface area (Å²) in [4.78, 5) is 0.276. The molecule has 2 aromatic rings. The molecule has 0 aliphatic rings. The van der Waals surface area contributed by atoms with Crippen LogP contribution in [0.5, 0.6) is 0 Å². The van der Waals surface area contributed by atoms with Gasteiger partial charge in [0.05, 0.1) is 10.6 Å². The van der Waals surface area contributed by atoms with Gasteiger partial charge in [-0.05, 0) is 65.8 Å². The molecular weight excluding hydrogens is 385 g/mol. The second kappa shape index (κ2) is 6.13. The highest BCUT2D eigenvalue weighted by molar-refractivity contribution is 14.1. The maximum absolute atomic E-state index is 12.3. The molecule has 0 heterocycles. The van der Waals surface area contributed by atoms with Crippen LogP contribution in [-0.2, 0) is 16.4 Å². The molecule has 0 unspecified atom stereocenters. The molecule has 20 heavy (non-hydrogen) atoms. The van der Waals surface area contributed by atoms with Crippen LogP contribution in [0.25, 0.3) is 0 Å². The maximum Gasteiger partial charge on any atom is 0.261 e. The standard InChI is InChI=1S/C15H16INO2S/c1-3-12-6-9-15(14(16)10-12)17-20(18,19)13-7-4-11(2)5-8-13/h4-10,17H,3H2,1-2H3. The molecule has 1 N–H and O–H groups in total. The predicted molar refractivity (Wildman–Crippen MR) is 90.5 cm³/mol. The Balaban J connectivity index is 2.31. The van der Waals surface area contributed by atoms with Crippen molar-refractivity contribution < 1.29 is 8.42 Å². The molecule has 2 rings (SSSR count). The average molecular weight is 401 g/mol. The lowest BCUT2D eigenvalue weighted by molar-refractivity contribution is 0.601. The highest BCUT2D eigenvalue weighted by atomic mass is 127. The van der Waals surface area contributed by atoms with E-state index in [1.807, 2.05) is 25.1 Å². The molecule has 0 amide bonds. The minimum absolute atomic E-state index is 0.276. The summed E-state index contributed by atoms with van der Waals surface area (Å²) in [5.41, 5.74) is 2.84. The van der Waals surface area contributed by atoms with Gasteiger partial charge in [0.25, 0.3) is 10.0 Å². The second-order valence-corrected chi connectivity index (χ2v) is 7.43. The number of halogens is 1. The minimum Gasteiger partial charge on any atom is -0.279 e. The van der Waals surface area contributed by atoms with E-state index in [0.717, 1.165) is 15.6 Å². The maximum atomic E-state index is 12.3. The molecule has 0 saturated carbocycles. The fourth-order valence-electron chi connectivity index (χ4n) is 1.78. The summed E-state index contributed by atoms with van der Waals surface area (Å²) in [5, 5.41) is 0. The lowest BCUT2D eigenvalue weighted by atomic mass is 10.2. The van der Waals surface area contributed by atoms with Gasteiger partial charge in [0.1, 0.15) is 0 Å². The number of hydrogen-bond donors (Lipinski definition) is 1. The molecule has 0 saturated heterocycles. The molecule has 0 atom stereocenters. The van der Waals surface area contributed by atoms with E-state index >= 15 is 0 Å². The van der Waals surface area contributed by atoms with E-state index in [4.69, 9.17) is 0 Å². The normalized spacial score (nSPS) is 11.3. The van der Waals surface area contributed by atoms with Crippen molar-refractivity contribution in [1.82, 2.24) is 0 Å². The number of benzene rings is 2. The third-order valence-corrected chi connectivity index (χ3v) is 5.29. The Labute approximate surface area is 133 Å². The van der Waals surface area contributed by atoms with Crippen LogP contribution in [0.2, 0.25) is 0 Å². The summed E-state index contributed by atoms with van der Waals surface area (Å²) in [6.45, 7) is 4.00. The molecular formula is C15H16INO2S. The Hall–Kier alpha value is -1.08. The van der Waals surface area contributed by atoms with Crippen LogP contribution in [-0.4, -0.2) is 8.42 Å². The van der Waals surface area contributed by atoms with Crippen molar-refractivity contribution >= 4 is 38.3 Å². The zero-order valence-electron chi connectivity index (χ0n) is 11.4. The lowest BCUT2D eigenvalue weighted by Gasteiger charge is -2.11. The van der Waals surface area contributed by atoms with Crippen molar-refractivity contribution in [3.8, 4) is 0 Å². The topological polar surface area (TPSA) is 46.2 Å². The Bertz CT molecular complexity index is 709. The van der Waals surface area contributed by atoms with E-state index in [2.05, 4.69) is 34.2 Å². The third kappa shape index (κ3) is 3.52. The zero-order chi connectivity index (χ0) is 14.8. The first kappa shape index (κ1) is 15.3. The highest BCUT2D eigenvalue weighted by Gasteiger charge is 2.15. The van der Waals surface area contributed by atoms with Gasteiger partial charge in [-0.3, -0.25) is 4.72 Å². The van der Waals surface area contributed by atoms with Crippen molar-refractivity contribution in [2.24, 2.45) is 0 Å². The molecule has 0 bridgehead atoms. The first-order valence-corrected chi connectivity index (χ1v) is 8.86. The number of hydrogen-bond acceptors (Lipinski definition) is 2. The monoisotopic (exact) mass is 401 g/mol. The van der Waals surface area contributed by atoms with E-state index in [0.29, 0.717) is 5.69 Å². The number of anilines is 1. The third-order valence-electron chi connectivity index (χ3n) is 3.02. The quantitative estimate of drug-likeness (QED) is 0.789. The molecule has 0 aromatic heterocycles. The highest BCUT2D eigenvalue weighted by Crippen LogP contribution is 2.23. The van der Waals surface area contributed by atoms with Crippen molar-refractivity contribution in [2.75, 3.05) is 4.72 Å². The fraction of sp³-hybridized carbons (Fsp3) is 0.200. The van der Waals surface area contributed by atoms with Crippen molar-refractivity contribution in [1.29, 1.82) is 0 Å². The van der Waals surface area contributed by atoms with Crippen LogP contribution < -0.4 is 4.72 Å². The number of aryl methyl sites for hydroxylation is 2. The van der Waals surface area contributed by atoms with Crippen LogP contribution >= 0.6 is 22.6 Å². The van der Waals surface area contributed by atoms with Crippen molar-refractivity contribution in [2.45, 2.75) is 25.2 Å².